The molecule has 0 fully saturated rings. The maximum absolute atomic E-state index is 12.2. The Hall–Kier alpha value is -1.51. The predicted octanol–water partition coefficient (Wildman–Crippen LogP) is 2.35. The van der Waals surface area contributed by atoms with Crippen molar-refractivity contribution in [3.05, 3.63) is 27.7 Å². The van der Waals surface area contributed by atoms with Gasteiger partial charge in [0.1, 0.15) is 5.56 Å². The van der Waals surface area contributed by atoms with Crippen molar-refractivity contribution in [2.24, 2.45) is 0 Å². The van der Waals surface area contributed by atoms with Crippen LogP contribution in [-0.4, -0.2) is 23.9 Å². The van der Waals surface area contributed by atoms with Gasteiger partial charge in [0, 0.05) is 11.4 Å². The summed E-state index contributed by atoms with van der Waals surface area (Å²) in [7, 11) is 0. The lowest BCUT2D eigenvalue weighted by Gasteiger charge is -2.12. The number of carbonyl (C=O) groups is 1. The normalized spacial score (nSPS) is 11.2. The molecular formula is C10H9BrF3NO4. The number of carbonyl (C=O) groups excluding carboxylic acids is 1. The third-order valence-electron chi connectivity index (χ3n) is 1.94. The van der Waals surface area contributed by atoms with Crippen molar-refractivity contribution in [3.63, 3.8) is 0 Å². The standard InChI is InChI=1S/C10H9BrF3NO4/c1-2-18-9(17)5-3-7(19-10(12,13)14)6(4-11)15-8(5)16/h3H,2,4H2,1H3,(H,15,16). The van der Waals surface area contributed by atoms with Crippen molar-refractivity contribution in [2.75, 3.05) is 6.61 Å². The Kier molecular flexibility index (Phi) is 4.98. The van der Waals surface area contributed by atoms with Crippen molar-refractivity contribution in [2.45, 2.75) is 18.6 Å². The third-order valence-corrected chi connectivity index (χ3v) is 2.50. The van der Waals surface area contributed by atoms with Gasteiger partial charge in [-0.25, -0.2) is 4.79 Å². The maximum Gasteiger partial charge on any atom is 0.573 e. The van der Waals surface area contributed by atoms with Crippen molar-refractivity contribution < 1.29 is 27.4 Å². The summed E-state index contributed by atoms with van der Waals surface area (Å²) < 4.78 is 44.9. The van der Waals surface area contributed by atoms with Gasteiger partial charge in [0.25, 0.3) is 5.56 Å². The van der Waals surface area contributed by atoms with Gasteiger partial charge >= 0.3 is 12.3 Å². The first-order valence-electron chi connectivity index (χ1n) is 5.03. The van der Waals surface area contributed by atoms with Crippen LogP contribution in [0.5, 0.6) is 5.75 Å². The van der Waals surface area contributed by atoms with E-state index in [1.54, 1.807) is 0 Å². The Morgan fingerprint density at radius 1 is 1.47 bits per heavy atom. The predicted molar refractivity (Wildman–Crippen MR) is 62.3 cm³/mol. The molecule has 0 amide bonds. The highest BCUT2D eigenvalue weighted by Crippen LogP contribution is 2.26. The first-order valence-corrected chi connectivity index (χ1v) is 6.15. The topological polar surface area (TPSA) is 68.4 Å². The molecular weight excluding hydrogens is 335 g/mol. The van der Waals surface area contributed by atoms with Crippen molar-refractivity contribution in [3.8, 4) is 5.75 Å². The van der Waals surface area contributed by atoms with Crippen LogP contribution >= 0.6 is 15.9 Å². The molecule has 0 unspecified atom stereocenters. The molecule has 0 aliphatic heterocycles. The summed E-state index contributed by atoms with van der Waals surface area (Å²) >= 11 is 2.91. The van der Waals surface area contributed by atoms with Crippen LogP contribution < -0.4 is 10.3 Å². The van der Waals surface area contributed by atoms with E-state index in [2.05, 4.69) is 30.4 Å². The van der Waals surface area contributed by atoms with E-state index in [-0.39, 0.29) is 17.6 Å². The van der Waals surface area contributed by atoms with Crippen LogP contribution in [0.15, 0.2) is 10.9 Å². The van der Waals surface area contributed by atoms with Gasteiger partial charge in [-0.2, -0.15) is 0 Å². The van der Waals surface area contributed by atoms with E-state index in [9.17, 15) is 22.8 Å². The molecule has 0 spiro atoms. The number of nitrogens with one attached hydrogen (secondary N) is 1. The second-order valence-electron chi connectivity index (χ2n) is 3.26. The number of aromatic amines is 1. The molecule has 0 aliphatic carbocycles. The molecule has 0 saturated heterocycles. The molecule has 106 valence electrons. The van der Waals surface area contributed by atoms with Crippen LogP contribution in [0.3, 0.4) is 0 Å². The van der Waals surface area contributed by atoms with E-state index >= 15 is 0 Å². The summed E-state index contributed by atoms with van der Waals surface area (Å²) in [6.45, 7) is 1.50. The number of aromatic nitrogens is 1. The number of H-pyrrole nitrogens is 1. The number of alkyl halides is 4. The maximum atomic E-state index is 12.2. The van der Waals surface area contributed by atoms with Gasteiger partial charge in [0.05, 0.1) is 12.3 Å². The highest BCUT2D eigenvalue weighted by molar-refractivity contribution is 9.08. The second kappa shape index (κ2) is 6.09. The zero-order valence-corrected chi connectivity index (χ0v) is 11.2. The first-order chi connectivity index (χ1) is 8.78. The lowest BCUT2D eigenvalue weighted by Crippen LogP contribution is -2.24. The summed E-state index contributed by atoms with van der Waals surface area (Å²) in [6, 6.07) is 0.709. The number of esters is 1. The first kappa shape index (κ1) is 15.5. The second-order valence-corrected chi connectivity index (χ2v) is 3.82. The summed E-state index contributed by atoms with van der Waals surface area (Å²) in [4.78, 5) is 25.0. The molecule has 0 radical (unpaired) electrons. The lowest BCUT2D eigenvalue weighted by atomic mass is 10.2. The highest BCUT2D eigenvalue weighted by Gasteiger charge is 2.33. The number of halogens is 4. The summed E-state index contributed by atoms with van der Waals surface area (Å²) in [6.07, 6.45) is -4.93. The largest absolute Gasteiger partial charge is 0.573 e. The van der Waals surface area contributed by atoms with E-state index in [0.717, 1.165) is 0 Å². The lowest BCUT2D eigenvalue weighted by molar-refractivity contribution is -0.275. The van der Waals surface area contributed by atoms with Gasteiger partial charge < -0.3 is 14.5 Å². The molecule has 0 aromatic carbocycles. The number of pyridine rings is 1. The molecule has 1 N–H and O–H groups in total. The van der Waals surface area contributed by atoms with Gasteiger partial charge in [-0.15, -0.1) is 13.2 Å². The Bertz CT molecular complexity index is 526. The number of ether oxygens (including phenoxy) is 2. The van der Waals surface area contributed by atoms with E-state index < -0.39 is 29.2 Å². The minimum absolute atomic E-state index is 0.00602. The summed E-state index contributed by atoms with van der Waals surface area (Å²) in [5.41, 5.74) is -1.52. The SMILES string of the molecule is CCOC(=O)c1cc(OC(F)(F)F)c(CBr)[nH]c1=O. The highest BCUT2D eigenvalue weighted by atomic mass is 79.9. The van der Waals surface area contributed by atoms with Gasteiger partial charge in [-0.1, -0.05) is 15.9 Å². The summed E-state index contributed by atoms with van der Waals surface area (Å²) in [5, 5.41) is -0.0727. The fraction of sp³-hybridized carbons (Fsp3) is 0.400. The average Bonchev–Trinajstić information content (AvgIpc) is 2.29. The molecule has 19 heavy (non-hydrogen) atoms. The fourth-order valence-electron chi connectivity index (χ4n) is 1.23. The molecule has 9 heteroatoms. The smallest absolute Gasteiger partial charge is 0.462 e. The molecule has 0 saturated carbocycles. The zero-order valence-electron chi connectivity index (χ0n) is 9.64. The third kappa shape index (κ3) is 4.27. The number of hydrogen-bond acceptors (Lipinski definition) is 4. The van der Waals surface area contributed by atoms with Gasteiger partial charge in [0.2, 0.25) is 0 Å². The number of hydrogen-bond donors (Lipinski definition) is 1. The molecule has 1 aromatic heterocycles. The van der Waals surface area contributed by atoms with Crippen LogP contribution in [0.25, 0.3) is 0 Å². The van der Waals surface area contributed by atoms with Crippen molar-refractivity contribution in [1.29, 1.82) is 0 Å². The summed E-state index contributed by atoms with van der Waals surface area (Å²) in [5.74, 6) is -1.68. The fourth-order valence-corrected chi connectivity index (χ4v) is 1.64. The van der Waals surface area contributed by atoms with Gasteiger partial charge in [0.15, 0.2) is 5.75 Å². The van der Waals surface area contributed by atoms with Crippen molar-refractivity contribution in [1.82, 2.24) is 4.98 Å². The Labute approximate surface area is 113 Å². The minimum atomic E-state index is -4.93. The molecule has 0 aliphatic rings. The van der Waals surface area contributed by atoms with E-state index in [1.165, 1.54) is 6.92 Å². The van der Waals surface area contributed by atoms with Crippen LogP contribution in [0.2, 0.25) is 0 Å². The monoisotopic (exact) mass is 343 g/mol. The Morgan fingerprint density at radius 2 is 2.11 bits per heavy atom. The minimum Gasteiger partial charge on any atom is -0.462 e. The van der Waals surface area contributed by atoms with E-state index in [4.69, 9.17) is 0 Å². The van der Waals surface area contributed by atoms with Gasteiger partial charge in [-0.05, 0) is 6.92 Å². The quantitative estimate of drug-likeness (QED) is 0.673. The number of rotatable bonds is 4. The molecule has 5 nitrogen and oxygen atoms in total. The molecule has 0 atom stereocenters. The molecule has 0 bridgehead atoms. The van der Waals surface area contributed by atoms with E-state index in [1.807, 2.05) is 0 Å². The van der Waals surface area contributed by atoms with Crippen LogP contribution in [-0.2, 0) is 10.1 Å². The molecule has 1 heterocycles. The van der Waals surface area contributed by atoms with Gasteiger partial charge in [-0.3, -0.25) is 4.79 Å². The Balaban J connectivity index is 3.25. The zero-order chi connectivity index (χ0) is 14.6. The molecule has 1 rings (SSSR count). The van der Waals surface area contributed by atoms with Crippen molar-refractivity contribution >= 4 is 21.9 Å². The van der Waals surface area contributed by atoms with Crippen LogP contribution in [0, 0.1) is 0 Å². The van der Waals surface area contributed by atoms with Crippen LogP contribution in [0.4, 0.5) is 13.2 Å². The average molecular weight is 344 g/mol. The Morgan fingerprint density at radius 3 is 2.58 bits per heavy atom. The van der Waals surface area contributed by atoms with Crippen LogP contribution in [0.1, 0.15) is 23.0 Å². The van der Waals surface area contributed by atoms with E-state index in [0.29, 0.717) is 6.07 Å². The molecule has 1 aromatic rings.